The summed E-state index contributed by atoms with van der Waals surface area (Å²) in [4.78, 5) is 4.72. The van der Waals surface area contributed by atoms with Crippen molar-refractivity contribution in [2.75, 3.05) is 12.4 Å². The molecule has 2 aromatic heterocycles. The van der Waals surface area contributed by atoms with Gasteiger partial charge in [-0.2, -0.15) is 11.3 Å². The molecule has 4 aromatic rings. The zero-order valence-corrected chi connectivity index (χ0v) is 14.0. The fraction of sp³-hybridized carbons (Fsp3) is 0.0500. The molecule has 0 saturated heterocycles. The van der Waals surface area contributed by atoms with Crippen LogP contribution >= 0.6 is 11.3 Å². The molecule has 118 valence electrons. The van der Waals surface area contributed by atoms with E-state index in [-0.39, 0.29) is 0 Å². The van der Waals surface area contributed by atoms with Crippen LogP contribution in [-0.4, -0.2) is 12.0 Å². The highest BCUT2D eigenvalue weighted by molar-refractivity contribution is 7.08. The third-order valence-corrected chi connectivity index (χ3v) is 4.55. The smallest absolute Gasteiger partial charge is 0.229 e. The van der Waals surface area contributed by atoms with Crippen LogP contribution in [0.4, 0.5) is 5.88 Å². The molecule has 0 bridgehead atoms. The fourth-order valence-electron chi connectivity index (χ4n) is 2.67. The van der Waals surface area contributed by atoms with Crippen molar-refractivity contribution in [3.8, 4) is 33.8 Å². The van der Waals surface area contributed by atoms with Gasteiger partial charge < -0.3 is 9.73 Å². The van der Waals surface area contributed by atoms with Crippen molar-refractivity contribution in [1.29, 1.82) is 0 Å². The standard InChI is InChI=1S/C20H16N2OS/c1-21-20-18(14-6-3-2-4-7-14)22-19(23-20)16-9-5-8-15(12-16)17-10-11-24-13-17/h2-13,21H,1H3. The van der Waals surface area contributed by atoms with Gasteiger partial charge in [-0.25, -0.2) is 4.98 Å². The molecule has 0 spiro atoms. The summed E-state index contributed by atoms with van der Waals surface area (Å²) in [5, 5.41) is 7.32. The second-order valence-electron chi connectivity index (χ2n) is 5.41. The van der Waals surface area contributed by atoms with E-state index in [0.717, 1.165) is 16.8 Å². The van der Waals surface area contributed by atoms with Crippen molar-refractivity contribution in [2.24, 2.45) is 0 Å². The van der Waals surface area contributed by atoms with E-state index < -0.39 is 0 Å². The Hall–Kier alpha value is -2.85. The van der Waals surface area contributed by atoms with Crippen LogP contribution in [0.25, 0.3) is 33.8 Å². The highest BCUT2D eigenvalue weighted by atomic mass is 32.1. The number of benzene rings is 2. The van der Waals surface area contributed by atoms with Gasteiger partial charge in [0.2, 0.25) is 11.8 Å². The minimum Gasteiger partial charge on any atom is -0.420 e. The van der Waals surface area contributed by atoms with Gasteiger partial charge in [0.05, 0.1) is 0 Å². The lowest BCUT2D eigenvalue weighted by Gasteiger charge is -2.00. The average molecular weight is 332 g/mol. The van der Waals surface area contributed by atoms with Crippen LogP contribution in [0.1, 0.15) is 0 Å². The number of aromatic nitrogens is 1. The predicted octanol–water partition coefficient (Wildman–Crippen LogP) is 5.78. The van der Waals surface area contributed by atoms with Gasteiger partial charge in [0.25, 0.3) is 0 Å². The summed E-state index contributed by atoms with van der Waals surface area (Å²) < 4.78 is 5.96. The van der Waals surface area contributed by atoms with Crippen LogP contribution < -0.4 is 5.32 Å². The lowest BCUT2D eigenvalue weighted by Crippen LogP contribution is -1.88. The molecule has 4 heteroatoms. The van der Waals surface area contributed by atoms with E-state index in [2.05, 4.69) is 34.3 Å². The highest BCUT2D eigenvalue weighted by Gasteiger charge is 2.15. The molecule has 0 saturated carbocycles. The summed E-state index contributed by atoms with van der Waals surface area (Å²) >= 11 is 1.69. The van der Waals surface area contributed by atoms with Crippen LogP contribution in [0, 0.1) is 0 Å². The Kier molecular flexibility index (Phi) is 3.89. The molecule has 2 heterocycles. The molecule has 0 amide bonds. The zero-order chi connectivity index (χ0) is 16.4. The van der Waals surface area contributed by atoms with E-state index in [1.165, 1.54) is 11.1 Å². The van der Waals surface area contributed by atoms with Crippen molar-refractivity contribution in [3.63, 3.8) is 0 Å². The molecule has 3 nitrogen and oxygen atoms in total. The van der Waals surface area contributed by atoms with Crippen molar-refractivity contribution in [3.05, 3.63) is 71.4 Å². The van der Waals surface area contributed by atoms with E-state index >= 15 is 0 Å². The Morgan fingerprint density at radius 1 is 0.875 bits per heavy atom. The predicted molar refractivity (Wildman–Crippen MR) is 100 cm³/mol. The van der Waals surface area contributed by atoms with Crippen LogP contribution in [-0.2, 0) is 0 Å². The van der Waals surface area contributed by atoms with Crippen LogP contribution in [0.5, 0.6) is 0 Å². The van der Waals surface area contributed by atoms with E-state index in [4.69, 9.17) is 9.40 Å². The van der Waals surface area contributed by atoms with Crippen LogP contribution in [0.3, 0.4) is 0 Å². The summed E-state index contributed by atoms with van der Waals surface area (Å²) in [6, 6.07) is 20.5. The molecule has 0 atom stereocenters. The van der Waals surface area contributed by atoms with E-state index in [1.54, 1.807) is 11.3 Å². The van der Waals surface area contributed by atoms with E-state index in [1.807, 2.05) is 49.5 Å². The molecule has 0 aliphatic rings. The molecule has 4 rings (SSSR count). The topological polar surface area (TPSA) is 38.1 Å². The summed E-state index contributed by atoms with van der Waals surface area (Å²) in [7, 11) is 1.85. The average Bonchev–Trinajstić information content (AvgIpc) is 3.32. The first kappa shape index (κ1) is 14.7. The second-order valence-corrected chi connectivity index (χ2v) is 6.19. The number of rotatable bonds is 4. The number of nitrogens with zero attached hydrogens (tertiary/aromatic N) is 1. The first-order valence-electron chi connectivity index (χ1n) is 7.72. The number of anilines is 1. The van der Waals surface area contributed by atoms with E-state index in [0.29, 0.717) is 11.8 Å². The minimum absolute atomic E-state index is 0.621. The van der Waals surface area contributed by atoms with Gasteiger partial charge in [0.15, 0.2) is 0 Å². The highest BCUT2D eigenvalue weighted by Crippen LogP contribution is 2.34. The molecule has 0 radical (unpaired) electrons. The maximum Gasteiger partial charge on any atom is 0.229 e. The number of thiophene rings is 1. The maximum absolute atomic E-state index is 5.96. The van der Waals surface area contributed by atoms with Gasteiger partial charge in [0, 0.05) is 18.2 Å². The molecular formula is C20H16N2OS. The Balaban J connectivity index is 1.78. The van der Waals surface area contributed by atoms with Gasteiger partial charge >= 0.3 is 0 Å². The quantitative estimate of drug-likeness (QED) is 0.515. The number of oxazole rings is 1. The van der Waals surface area contributed by atoms with Crippen LogP contribution in [0.2, 0.25) is 0 Å². The summed E-state index contributed by atoms with van der Waals surface area (Å²) in [6.07, 6.45) is 0. The third-order valence-electron chi connectivity index (χ3n) is 3.87. The monoisotopic (exact) mass is 332 g/mol. The summed E-state index contributed by atoms with van der Waals surface area (Å²) in [5.74, 6) is 1.30. The Morgan fingerprint density at radius 3 is 2.42 bits per heavy atom. The largest absolute Gasteiger partial charge is 0.420 e. The van der Waals surface area contributed by atoms with Crippen molar-refractivity contribution in [1.82, 2.24) is 4.98 Å². The molecular weight excluding hydrogens is 316 g/mol. The molecule has 0 aliphatic heterocycles. The normalized spacial score (nSPS) is 10.7. The molecule has 24 heavy (non-hydrogen) atoms. The van der Waals surface area contributed by atoms with Gasteiger partial charge in [-0.3, -0.25) is 0 Å². The summed E-state index contributed by atoms with van der Waals surface area (Å²) in [5.41, 5.74) is 5.21. The Morgan fingerprint density at radius 2 is 1.67 bits per heavy atom. The van der Waals surface area contributed by atoms with Gasteiger partial charge in [-0.05, 0) is 40.1 Å². The van der Waals surface area contributed by atoms with Crippen molar-refractivity contribution >= 4 is 17.2 Å². The van der Waals surface area contributed by atoms with Gasteiger partial charge in [0.1, 0.15) is 5.69 Å². The van der Waals surface area contributed by atoms with Crippen molar-refractivity contribution < 1.29 is 4.42 Å². The zero-order valence-electron chi connectivity index (χ0n) is 13.2. The van der Waals surface area contributed by atoms with Crippen molar-refractivity contribution in [2.45, 2.75) is 0 Å². The lowest BCUT2D eigenvalue weighted by atomic mass is 10.1. The molecule has 0 aliphatic carbocycles. The Bertz CT molecular complexity index is 943. The summed E-state index contributed by atoms with van der Waals surface area (Å²) in [6.45, 7) is 0. The first-order chi connectivity index (χ1) is 11.8. The van der Waals surface area contributed by atoms with Gasteiger partial charge in [-0.1, -0.05) is 42.5 Å². The lowest BCUT2D eigenvalue weighted by molar-refractivity contribution is 0.590. The van der Waals surface area contributed by atoms with Gasteiger partial charge in [-0.15, -0.1) is 0 Å². The van der Waals surface area contributed by atoms with Crippen LogP contribution in [0.15, 0.2) is 75.8 Å². The first-order valence-corrected chi connectivity index (χ1v) is 8.66. The third kappa shape index (κ3) is 2.72. The number of hydrogen-bond acceptors (Lipinski definition) is 4. The SMILES string of the molecule is CNc1oc(-c2cccc(-c3ccsc3)c2)nc1-c1ccccc1. The Labute approximate surface area is 144 Å². The molecule has 1 N–H and O–H groups in total. The molecule has 0 fully saturated rings. The number of nitrogens with one attached hydrogen (secondary N) is 1. The molecule has 2 aromatic carbocycles. The minimum atomic E-state index is 0.621. The second kappa shape index (κ2) is 6.34. The fourth-order valence-corrected chi connectivity index (χ4v) is 3.33. The molecule has 0 unspecified atom stereocenters. The van der Waals surface area contributed by atoms with E-state index in [9.17, 15) is 0 Å². The maximum atomic E-state index is 5.96. The number of hydrogen-bond donors (Lipinski definition) is 1.